The smallest absolute Gasteiger partial charge is 0.226 e. The lowest BCUT2D eigenvalue weighted by atomic mass is 9.80. The molecule has 0 saturated carbocycles. The lowest BCUT2D eigenvalue weighted by molar-refractivity contribution is -0.670. The highest BCUT2D eigenvalue weighted by atomic mass is 32.2. The van der Waals surface area contributed by atoms with Gasteiger partial charge in [-0.15, -0.1) is 0 Å². The average Bonchev–Trinajstić information content (AvgIpc) is 3.55. The van der Waals surface area contributed by atoms with E-state index in [1.54, 1.807) is 26.0 Å². The number of hydrogen-bond acceptors (Lipinski definition) is 7. The number of methoxy groups -OCH3 is 2. The molecule has 1 aliphatic heterocycles. The van der Waals surface area contributed by atoms with Gasteiger partial charge in [-0.2, -0.15) is 4.57 Å². The van der Waals surface area contributed by atoms with Crippen LogP contribution in [0.5, 0.6) is 11.5 Å². The summed E-state index contributed by atoms with van der Waals surface area (Å²) in [4.78, 5) is 17.0. The predicted octanol–water partition coefficient (Wildman–Crippen LogP) is 7.56. The maximum absolute atomic E-state index is 13.5. The molecular weight excluding hydrogens is 695 g/mol. The van der Waals surface area contributed by atoms with E-state index in [1.165, 1.54) is 10.6 Å². The monoisotopic (exact) mass is 738 g/mol. The Labute approximate surface area is 320 Å². The molecule has 2 N–H and O–H groups in total. The number of anilines is 1. The SMILES string of the molecule is COc1ccc(C(OC[C@H](CO)NC(=O)CC[n+]2ccc(C=C3Sc4ccccc4N3C)c3ccccc32)(c2ccccc2)c2ccc(OC)cc2)cc1. The van der Waals surface area contributed by atoms with Crippen molar-refractivity contribution >= 4 is 40.3 Å². The Balaban J connectivity index is 1.09. The van der Waals surface area contributed by atoms with E-state index in [9.17, 15) is 9.90 Å². The number of aliphatic hydroxyl groups excluding tert-OH is 1. The normalized spacial score (nSPS) is 13.9. The third-order valence-electron chi connectivity index (χ3n) is 9.85. The third kappa shape index (κ3) is 7.57. The Morgan fingerprint density at radius 1 is 0.815 bits per heavy atom. The van der Waals surface area contributed by atoms with E-state index < -0.39 is 11.6 Å². The van der Waals surface area contributed by atoms with E-state index >= 15 is 0 Å². The fourth-order valence-corrected chi connectivity index (χ4v) is 8.07. The van der Waals surface area contributed by atoms with Crippen molar-refractivity contribution in [2.75, 3.05) is 39.4 Å². The number of nitrogens with one attached hydrogen (secondary N) is 1. The van der Waals surface area contributed by atoms with Gasteiger partial charge in [-0.3, -0.25) is 4.79 Å². The van der Waals surface area contributed by atoms with Gasteiger partial charge in [0.05, 0.1) is 56.0 Å². The van der Waals surface area contributed by atoms with Crippen LogP contribution >= 0.6 is 11.8 Å². The van der Waals surface area contributed by atoms with Crippen LogP contribution in [0, 0.1) is 0 Å². The second kappa shape index (κ2) is 16.6. The van der Waals surface area contributed by atoms with Crippen LogP contribution in [0.1, 0.15) is 28.7 Å². The molecule has 0 radical (unpaired) electrons. The number of para-hydroxylation sites is 2. The number of thioether (sulfide) groups is 1. The van der Waals surface area contributed by atoms with E-state index in [1.807, 2.05) is 97.2 Å². The van der Waals surface area contributed by atoms with E-state index in [4.69, 9.17) is 14.2 Å². The van der Waals surface area contributed by atoms with Crippen LogP contribution in [0.4, 0.5) is 5.69 Å². The summed E-state index contributed by atoms with van der Waals surface area (Å²) in [5, 5.41) is 15.8. The highest BCUT2D eigenvalue weighted by molar-refractivity contribution is 8.03. The van der Waals surface area contributed by atoms with Crippen LogP contribution < -0.4 is 24.3 Å². The number of pyridine rings is 1. The van der Waals surface area contributed by atoms with Crippen molar-refractivity contribution in [3.63, 3.8) is 0 Å². The highest BCUT2D eigenvalue weighted by Crippen LogP contribution is 2.46. The molecule has 0 unspecified atom stereocenters. The summed E-state index contributed by atoms with van der Waals surface area (Å²) in [6.45, 7) is 0.219. The van der Waals surface area contributed by atoms with Gasteiger partial charge < -0.3 is 29.5 Å². The Morgan fingerprint density at radius 3 is 2.07 bits per heavy atom. The number of aliphatic hydroxyl groups is 1. The minimum Gasteiger partial charge on any atom is -0.497 e. The maximum atomic E-state index is 13.5. The fraction of sp³-hybridized carbons (Fsp3) is 0.200. The van der Waals surface area contributed by atoms with Gasteiger partial charge in [0.2, 0.25) is 11.4 Å². The second-order valence-corrected chi connectivity index (χ2v) is 14.2. The molecular formula is C45H44N3O5S+. The highest BCUT2D eigenvalue weighted by Gasteiger charge is 2.38. The van der Waals surface area contributed by atoms with Crippen LogP contribution in [0.3, 0.4) is 0 Å². The maximum Gasteiger partial charge on any atom is 0.226 e. The van der Waals surface area contributed by atoms with E-state index in [-0.39, 0.29) is 25.5 Å². The zero-order chi connectivity index (χ0) is 37.5. The molecule has 0 saturated heterocycles. The van der Waals surface area contributed by atoms with Crippen LogP contribution in [0.25, 0.3) is 17.0 Å². The van der Waals surface area contributed by atoms with Gasteiger partial charge in [0.25, 0.3) is 0 Å². The number of carbonyl (C=O) groups excluding carboxylic acids is 1. The van der Waals surface area contributed by atoms with Gasteiger partial charge in [0, 0.05) is 24.1 Å². The van der Waals surface area contributed by atoms with Gasteiger partial charge in [0.15, 0.2) is 12.7 Å². The van der Waals surface area contributed by atoms with Crippen molar-refractivity contribution in [2.24, 2.45) is 0 Å². The number of aromatic nitrogens is 1. The first-order valence-electron chi connectivity index (χ1n) is 18.0. The molecule has 1 aliphatic rings. The zero-order valence-corrected chi connectivity index (χ0v) is 31.5. The van der Waals surface area contributed by atoms with Crippen LogP contribution in [-0.2, 0) is 21.7 Å². The fourth-order valence-electron chi connectivity index (χ4n) is 6.97. The Hall–Kier alpha value is -5.61. The first-order chi connectivity index (χ1) is 26.4. The Bertz CT molecular complexity index is 2200. The van der Waals surface area contributed by atoms with Gasteiger partial charge in [0.1, 0.15) is 17.1 Å². The van der Waals surface area contributed by atoms with Crippen LogP contribution in [0.2, 0.25) is 0 Å². The van der Waals surface area contributed by atoms with Crippen molar-refractivity contribution in [3.8, 4) is 11.5 Å². The lowest BCUT2D eigenvalue weighted by Gasteiger charge is -2.37. The number of carbonyl (C=O) groups is 1. The number of aryl methyl sites for hydroxylation is 1. The largest absolute Gasteiger partial charge is 0.497 e. The molecule has 8 nitrogen and oxygen atoms in total. The molecule has 9 heteroatoms. The number of amides is 1. The number of fused-ring (bicyclic) bond motifs is 2. The Morgan fingerprint density at radius 2 is 1.43 bits per heavy atom. The molecule has 0 bridgehead atoms. The van der Waals surface area contributed by atoms with Crippen molar-refractivity contribution in [2.45, 2.75) is 29.5 Å². The summed E-state index contributed by atoms with van der Waals surface area (Å²) >= 11 is 1.76. The molecule has 2 heterocycles. The minimum atomic E-state index is -1.07. The van der Waals surface area contributed by atoms with Crippen molar-refractivity contribution in [1.29, 1.82) is 0 Å². The average molecular weight is 739 g/mol. The summed E-state index contributed by atoms with van der Waals surface area (Å²) in [5.74, 6) is 1.26. The van der Waals surface area contributed by atoms with E-state index in [0.717, 1.165) is 49.7 Å². The van der Waals surface area contributed by atoms with Crippen molar-refractivity contribution < 1.29 is 28.7 Å². The lowest BCUT2D eigenvalue weighted by Crippen LogP contribution is -2.45. The first kappa shape index (κ1) is 36.7. The number of rotatable bonds is 14. The zero-order valence-electron chi connectivity index (χ0n) is 30.6. The standard InChI is InChI=1S/C45H43N3O5S/c1-47-41-15-9-10-16-42(41)54-44(47)29-32-25-27-48(40-14-8-7-13-39(32)40)28-26-43(50)46-36(30-49)31-53-45(33-11-5-4-6-12-33,34-17-21-37(51-2)22-18-34)35-19-23-38(52-3)24-20-35/h4-25,27,29,36,49H,26,28,30-31H2,1-3H3/p+1/t36-/m0/s1. The summed E-state index contributed by atoms with van der Waals surface area (Å²) < 4.78 is 20.0. The van der Waals surface area contributed by atoms with Gasteiger partial charge in [-0.1, -0.05) is 90.6 Å². The molecule has 1 atom stereocenters. The second-order valence-electron chi connectivity index (χ2n) is 13.1. The van der Waals surface area contributed by atoms with Crippen LogP contribution in [0.15, 0.2) is 150 Å². The molecule has 5 aromatic carbocycles. The predicted molar refractivity (Wildman–Crippen MR) is 215 cm³/mol. The number of nitrogens with zero attached hydrogens (tertiary/aromatic N) is 2. The molecule has 0 fully saturated rings. The van der Waals surface area contributed by atoms with Gasteiger partial charge >= 0.3 is 0 Å². The van der Waals surface area contributed by atoms with Gasteiger partial charge in [-0.05, 0) is 70.8 Å². The number of benzene rings is 5. The molecule has 1 amide bonds. The molecule has 54 heavy (non-hydrogen) atoms. The van der Waals surface area contributed by atoms with E-state index in [0.29, 0.717) is 6.54 Å². The first-order valence-corrected chi connectivity index (χ1v) is 18.8. The summed E-state index contributed by atoms with van der Waals surface area (Å²) in [7, 11) is 5.37. The quantitative estimate of drug-likeness (QED) is 0.0882. The molecule has 1 aromatic heterocycles. The van der Waals surface area contributed by atoms with Crippen molar-refractivity contribution in [3.05, 3.63) is 167 Å². The molecule has 6 aromatic rings. The molecule has 274 valence electrons. The number of hydrogen-bond donors (Lipinski definition) is 2. The van der Waals surface area contributed by atoms with E-state index in [2.05, 4.69) is 70.4 Å². The topological polar surface area (TPSA) is 84.1 Å². The molecule has 0 aliphatic carbocycles. The summed E-state index contributed by atoms with van der Waals surface area (Å²) in [5.41, 5.74) is 4.92. The van der Waals surface area contributed by atoms with Crippen LogP contribution in [-0.4, -0.2) is 51.5 Å². The molecule has 0 spiro atoms. The third-order valence-corrected chi connectivity index (χ3v) is 11.0. The van der Waals surface area contributed by atoms with Crippen molar-refractivity contribution in [1.82, 2.24) is 5.32 Å². The molecule has 7 rings (SSSR count). The number of ether oxygens (including phenoxy) is 3. The summed E-state index contributed by atoms with van der Waals surface area (Å²) in [6.07, 6.45) is 4.49. The van der Waals surface area contributed by atoms with Gasteiger partial charge in [-0.25, -0.2) is 0 Å². The minimum absolute atomic E-state index is 0.0466. The Kier molecular flexibility index (Phi) is 11.3. The summed E-state index contributed by atoms with van der Waals surface area (Å²) in [6, 6.07) is 43.6.